The number of carbonyl (C=O) groups is 1. The molecule has 0 spiro atoms. The number of rotatable bonds is 4. The second-order valence-corrected chi connectivity index (χ2v) is 5.06. The maximum atomic E-state index is 12.1. The third-order valence-electron chi connectivity index (χ3n) is 3.68. The van der Waals surface area contributed by atoms with Crippen LogP contribution in [0.5, 0.6) is 0 Å². The zero-order valence-electron chi connectivity index (χ0n) is 10.1. The first kappa shape index (κ1) is 11.9. The van der Waals surface area contributed by atoms with Gasteiger partial charge in [-0.2, -0.15) is 0 Å². The van der Waals surface area contributed by atoms with Gasteiger partial charge in [-0.3, -0.25) is 4.79 Å². The number of carbonyl (C=O) groups excluding carboxylic acids is 1. The molecule has 1 saturated carbocycles. The molecule has 1 aliphatic carbocycles. The molecule has 1 amide bonds. The summed E-state index contributed by atoms with van der Waals surface area (Å²) < 4.78 is 0. The van der Waals surface area contributed by atoms with Crippen molar-refractivity contribution in [2.45, 2.75) is 31.7 Å². The van der Waals surface area contributed by atoms with Gasteiger partial charge in [-0.05, 0) is 45.8 Å². The molecule has 0 bridgehead atoms. The smallest absolute Gasteiger partial charge is 0.226 e. The highest BCUT2D eigenvalue weighted by Gasteiger charge is 2.36. The first-order valence-electron chi connectivity index (χ1n) is 6.32. The summed E-state index contributed by atoms with van der Waals surface area (Å²) in [6.07, 6.45) is 4.20. The summed E-state index contributed by atoms with van der Waals surface area (Å²) in [5.41, 5.74) is 0. The lowest BCUT2D eigenvalue weighted by molar-refractivity contribution is -0.136. The number of hydrogen-bond donors (Lipinski definition) is 1. The van der Waals surface area contributed by atoms with Crippen LogP contribution in [0.3, 0.4) is 0 Å². The normalized spacial score (nSPS) is 23.4. The Kier molecular flexibility index (Phi) is 3.82. The third kappa shape index (κ3) is 2.74. The Balaban J connectivity index is 1.92. The molecule has 0 aromatic carbocycles. The molecule has 0 radical (unpaired) electrons. The van der Waals surface area contributed by atoms with Crippen LogP contribution in [0.25, 0.3) is 0 Å². The van der Waals surface area contributed by atoms with Gasteiger partial charge in [-0.25, -0.2) is 0 Å². The van der Waals surface area contributed by atoms with Gasteiger partial charge in [0.15, 0.2) is 0 Å². The van der Waals surface area contributed by atoms with Crippen molar-refractivity contribution in [2.24, 2.45) is 5.92 Å². The minimum Gasteiger partial charge on any atom is -0.395 e. The molecule has 0 atom stereocenters. The highest BCUT2D eigenvalue weighted by molar-refractivity contribution is 5.81. The van der Waals surface area contributed by atoms with E-state index in [1.807, 2.05) is 4.90 Å². The first-order chi connectivity index (χ1) is 7.72. The first-order valence-corrected chi connectivity index (χ1v) is 6.32. The van der Waals surface area contributed by atoms with Gasteiger partial charge < -0.3 is 14.9 Å². The molecule has 1 N–H and O–H groups in total. The summed E-state index contributed by atoms with van der Waals surface area (Å²) in [6, 6.07) is 0.358. The van der Waals surface area contributed by atoms with Crippen LogP contribution in [0, 0.1) is 5.92 Å². The molecule has 1 heterocycles. The highest BCUT2D eigenvalue weighted by Crippen LogP contribution is 2.32. The van der Waals surface area contributed by atoms with Crippen LogP contribution in [-0.2, 0) is 4.79 Å². The number of likely N-dealkylation sites (tertiary alicyclic amines) is 1. The molecule has 0 unspecified atom stereocenters. The fraction of sp³-hybridized carbons (Fsp3) is 0.917. The van der Waals surface area contributed by atoms with E-state index in [9.17, 15) is 4.79 Å². The van der Waals surface area contributed by atoms with Crippen molar-refractivity contribution in [3.05, 3.63) is 0 Å². The van der Waals surface area contributed by atoms with Crippen LogP contribution < -0.4 is 0 Å². The number of nitrogens with zero attached hydrogens (tertiary/aromatic N) is 2. The molecule has 2 aliphatic rings. The fourth-order valence-corrected chi connectivity index (χ4v) is 2.45. The lowest BCUT2D eigenvalue weighted by atomic mass is 10.0. The monoisotopic (exact) mass is 226 g/mol. The molecule has 92 valence electrons. The van der Waals surface area contributed by atoms with Gasteiger partial charge in [0, 0.05) is 18.5 Å². The van der Waals surface area contributed by atoms with E-state index in [4.69, 9.17) is 5.11 Å². The quantitative estimate of drug-likeness (QED) is 0.750. The average molecular weight is 226 g/mol. The van der Waals surface area contributed by atoms with Crippen molar-refractivity contribution in [3.63, 3.8) is 0 Å². The van der Waals surface area contributed by atoms with Gasteiger partial charge in [0.1, 0.15) is 0 Å². The largest absolute Gasteiger partial charge is 0.395 e. The van der Waals surface area contributed by atoms with E-state index in [0.29, 0.717) is 12.6 Å². The molecule has 1 saturated heterocycles. The molecular formula is C12H22N2O2. The number of aliphatic hydroxyl groups is 1. The SMILES string of the molecule is CN1CCC(N(CCO)C(=O)C2CC2)CC1. The van der Waals surface area contributed by atoms with Crippen molar-refractivity contribution in [1.82, 2.24) is 9.80 Å². The molecule has 4 heteroatoms. The standard InChI is InChI=1S/C12H22N2O2/c1-13-6-4-11(5-7-13)14(8-9-15)12(16)10-2-3-10/h10-11,15H,2-9H2,1H3. The Bertz CT molecular complexity index is 245. The fourth-order valence-electron chi connectivity index (χ4n) is 2.45. The Morgan fingerprint density at radius 3 is 2.44 bits per heavy atom. The molecule has 4 nitrogen and oxygen atoms in total. The van der Waals surface area contributed by atoms with E-state index < -0.39 is 0 Å². The maximum absolute atomic E-state index is 12.1. The Morgan fingerprint density at radius 1 is 1.31 bits per heavy atom. The molecule has 2 rings (SSSR count). The van der Waals surface area contributed by atoms with Gasteiger partial charge >= 0.3 is 0 Å². The van der Waals surface area contributed by atoms with Crippen molar-refractivity contribution in [1.29, 1.82) is 0 Å². The molecule has 16 heavy (non-hydrogen) atoms. The van der Waals surface area contributed by atoms with Gasteiger partial charge in [-0.15, -0.1) is 0 Å². The van der Waals surface area contributed by atoms with Crippen molar-refractivity contribution < 1.29 is 9.90 Å². The second-order valence-electron chi connectivity index (χ2n) is 5.06. The molecule has 0 aromatic rings. The van der Waals surface area contributed by atoms with Crippen molar-refractivity contribution in [2.75, 3.05) is 33.3 Å². The van der Waals surface area contributed by atoms with Crippen LogP contribution in [0.1, 0.15) is 25.7 Å². The van der Waals surface area contributed by atoms with Crippen LogP contribution in [0.4, 0.5) is 0 Å². The van der Waals surface area contributed by atoms with E-state index in [1.165, 1.54) is 0 Å². The van der Waals surface area contributed by atoms with Crippen LogP contribution >= 0.6 is 0 Å². The van der Waals surface area contributed by atoms with Gasteiger partial charge in [0.05, 0.1) is 6.61 Å². The van der Waals surface area contributed by atoms with E-state index in [0.717, 1.165) is 38.8 Å². The van der Waals surface area contributed by atoms with E-state index >= 15 is 0 Å². The zero-order chi connectivity index (χ0) is 11.5. The van der Waals surface area contributed by atoms with Gasteiger partial charge in [0.2, 0.25) is 5.91 Å². The van der Waals surface area contributed by atoms with Crippen LogP contribution in [0.2, 0.25) is 0 Å². The van der Waals surface area contributed by atoms with Crippen molar-refractivity contribution in [3.8, 4) is 0 Å². The van der Waals surface area contributed by atoms with E-state index in [-0.39, 0.29) is 18.4 Å². The maximum Gasteiger partial charge on any atom is 0.226 e. The van der Waals surface area contributed by atoms with E-state index in [2.05, 4.69) is 11.9 Å². The lowest BCUT2D eigenvalue weighted by Crippen LogP contribution is -2.48. The number of hydrogen-bond acceptors (Lipinski definition) is 3. The van der Waals surface area contributed by atoms with Crippen molar-refractivity contribution >= 4 is 5.91 Å². The zero-order valence-corrected chi connectivity index (χ0v) is 10.1. The van der Waals surface area contributed by atoms with Crippen LogP contribution in [-0.4, -0.2) is 60.1 Å². The summed E-state index contributed by atoms with van der Waals surface area (Å²) in [6.45, 7) is 2.73. The number of aliphatic hydroxyl groups excluding tert-OH is 1. The summed E-state index contributed by atoms with van der Waals surface area (Å²) in [5, 5.41) is 9.07. The third-order valence-corrected chi connectivity index (χ3v) is 3.68. The Morgan fingerprint density at radius 2 is 1.94 bits per heavy atom. The predicted molar refractivity (Wildman–Crippen MR) is 62.0 cm³/mol. The predicted octanol–water partition coefficient (Wildman–Crippen LogP) is 0.311. The number of piperidine rings is 1. The van der Waals surface area contributed by atoms with Crippen LogP contribution in [0.15, 0.2) is 0 Å². The van der Waals surface area contributed by atoms with Gasteiger partial charge in [0.25, 0.3) is 0 Å². The minimum absolute atomic E-state index is 0.0881. The topological polar surface area (TPSA) is 43.8 Å². The molecular weight excluding hydrogens is 204 g/mol. The van der Waals surface area contributed by atoms with E-state index in [1.54, 1.807) is 0 Å². The summed E-state index contributed by atoms with van der Waals surface area (Å²) >= 11 is 0. The minimum atomic E-state index is 0.0881. The summed E-state index contributed by atoms with van der Waals surface area (Å²) in [5.74, 6) is 0.551. The number of amides is 1. The summed E-state index contributed by atoms with van der Waals surface area (Å²) in [4.78, 5) is 16.3. The second kappa shape index (κ2) is 5.15. The molecule has 2 fully saturated rings. The molecule has 1 aliphatic heterocycles. The molecule has 0 aromatic heterocycles. The summed E-state index contributed by atoms with van der Waals surface area (Å²) in [7, 11) is 2.12. The highest BCUT2D eigenvalue weighted by atomic mass is 16.3. The Hall–Kier alpha value is -0.610. The lowest BCUT2D eigenvalue weighted by Gasteiger charge is -2.37. The average Bonchev–Trinajstić information content (AvgIpc) is 3.10. The van der Waals surface area contributed by atoms with Gasteiger partial charge in [-0.1, -0.05) is 0 Å². The Labute approximate surface area is 97.2 Å².